The number of hydrogen-bond acceptors (Lipinski definition) is 5. The van der Waals surface area contributed by atoms with Crippen molar-refractivity contribution in [1.82, 2.24) is 18.9 Å². The van der Waals surface area contributed by atoms with Crippen LogP contribution in [0.25, 0.3) is 5.65 Å². The summed E-state index contributed by atoms with van der Waals surface area (Å²) in [6, 6.07) is 11.9. The van der Waals surface area contributed by atoms with E-state index in [2.05, 4.69) is 10.2 Å². The largest absolute Gasteiger partial charge is 0.312 e. The molecule has 2 aliphatic heterocycles. The molecule has 1 atom stereocenters. The summed E-state index contributed by atoms with van der Waals surface area (Å²) in [5, 5.41) is 8.44. The summed E-state index contributed by atoms with van der Waals surface area (Å²) in [5.74, 6) is 0.722. The fourth-order valence-electron chi connectivity index (χ4n) is 4.23. The van der Waals surface area contributed by atoms with Crippen LogP contribution in [0.2, 0.25) is 0 Å². The zero-order valence-electron chi connectivity index (χ0n) is 15.8. The number of carbonyl (C=O) groups excluding carboxylic acids is 1. The van der Waals surface area contributed by atoms with E-state index in [-0.39, 0.29) is 16.8 Å². The fourth-order valence-corrected chi connectivity index (χ4v) is 5.88. The van der Waals surface area contributed by atoms with Gasteiger partial charge in [-0.15, -0.1) is 10.2 Å². The van der Waals surface area contributed by atoms with Crippen molar-refractivity contribution in [2.75, 3.05) is 18.0 Å². The lowest BCUT2D eigenvalue weighted by molar-refractivity contribution is -0.117. The van der Waals surface area contributed by atoms with Crippen molar-refractivity contribution >= 4 is 27.3 Å². The molecular weight excluding hydrogens is 390 g/mol. The molecular formula is C20H21N5O3S. The van der Waals surface area contributed by atoms with E-state index < -0.39 is 10.0 Å². The molecule has 0 saturated carbocycles. The third kappa shape index (κ3) is 3.01. The third-order valence-electron chi connectivity index (χ3n) is 5.67. The molecule has 1 aromatic carbocycles. The molecule has 3 aromatic rings. The van der Waals surface area contributed by atoms with Crippen molar-refractivity contribution < 1.29 is 13.2 Å². The first-order valence-corrected chi connectivity index (χ1v) is 11.2. The first-order chi connectivity index (χ1) is 14.1. The van der Waals surface area contributed by atoms with Gasteiger partial charge in [0, 0.05) is 31.4 Å². The first kappa shape index (κ1) is 18.3. The molecule has 2 saturated heterocycles. The Kier molecular flexibility index (Phi) is 4.36. The SMILES string of the molecule is O=C1CCCN1c1ccc(S(=O)(=O)N2CCC[C@H]2c2nnc3ccccn23)cc1. The van der Waals surface area contributed by atoms with Crippen LogP contribution in [0.3, 0.4) is 0 Å². The lowest BCUT2D eigenvalue weighted by atomic mass is 10.2. The maximum absolute atomic E-state index is 13.4. The van der Waals surface area contributed by atoms with E-state index in [0.717, 1.165) is 18.5 Å². The second kappa shape index (κ2) is 6.93. The zero-order valence-corrected chi connectivity index (χ0v) is 16.6. The van der Waals surface area contributed by atoms with E-state index in [0.29, 0.717) is 37.4 Å². The second-order valence-electron chi connectivity index (χ2n) is 7.40. The second-order valence-corrected chi connectivity index (χ2v) is 9.29. The molecule has 0 bridgehead atoms. The topological polar surface area (TPSA) is 87.9 Å². The van der Waals surface area contributed by atoms with Crippen LogP contribution in [0, 0.1) is 0 Å². The van der Waals surface area contributed by atoms with Crippen LogP contribution >= 0.6 is 0 Å². The lowest BCUT2D eigenvalue weighted by Gasteiger charge is -2.23. The van der Waals surface area contributed by atoms with Gasteiger partial charge in [0.1, 0.15) is 0 Å². The van der Waals surface area contributed by atoms with E-state index in [1.165, 1.54) is 4.31 Å². The quantitative estimate of drug-likeness (QED) is 0.658. The van der Waals surface area contributed by atoms with Crippen molar-refractivity contribution in [3.8, 4) is 0 Å². The monoisotopic (exact) mass is 411 g/mol. The zero-order chi connectivity index (χ0) is 20.0. The van der Waals surface area contributed by atoms with Crippen molar-refractivity contribution in [3.63, 3.8) is 0 Å². The molecule has 0 spiro atoms. The van der Waals surface area contributed by atoms with Gasteiger partial charge < -0.3 is 4.90 Å². The number of anilines is 1. The number of amides is 1. The molecule has 4 heterocycles. The Labute approximate surface area is 168 Å². The predicted molar refractivity (Wildman–Crippen MR) is 107 cm³/mol. The summed E-state index contributed by atoms with van der Waals surface area (Å²) in [7, 11) is -3.69. The Bertz CT molecular complexity index is 1170. The molecule has 5 rings (SSSR count). The van der Waals surface area contributed by atoms with Gasteiger partial charge in [0.2, 0.25) is 15.9 Å². The molecule has 8 nitrogen and oxygen atoms in total. The minimum Gasteiger partial charge on any atom is -0.312 e. The highest BCUT2D eigenvalue weighted by molar-refractivity contribution is 7.89. The molecule has 0 unspecified atom stereocenters. The molecule has 1 amide bonds. The molecule has 150 valence electrons. The summed E-state index contributed by atoms with van der Waals surface area (Å²) in [5.41, 5.74) is 1.44. The Hall–Kier alpha value is -2.78. The minimum atomic E-state index is -3.69. The van der Waals surface area contributed by atoms with Crippen LogP contribution in [0.1, 0.15) is 37.5 Å². The summed E-state index contributed by atoms with van der Waals surface area (Å²) < 4.78 is 30.1. The maximum atomic E-state index is 13.4. The molecule has 9 heteroatoms. The van der Waals surface area contributed by atoms with Gasteiger partial charge in [-0.05, 0) is 55.7 Å². The Morgan fingerprint density at radius 3 is 2.55 bits per heavy atom. The third-order valence-corrected chi connectivity index (χ3v) is 7.59. The number of aromatic nitrogens is 3. The lowest BCUT2D eigenvalue weighted by Crippen LogP contribution is -2.31. The predicted octanol–water partition coefficient (Wildman–Crippen LogP) is 2.38. The normalized spacial score (nSPS) is 20.8. The van der Waals surface area contributed by atoms with Crippen LogP contribution in [-0.4, -0.2) is 46.3 Å². The van der Waals surface area contributed by atoms with Crippen LogP contribution in [0.4, 0.5) is 5.69 Å². The van der Waals surface area contributed by atoms with E-state index in [1.54, 1.807) is 29.2 Å². The van der Waals surface area contributed by atoms with Crippen LogP contribution < -0.4 is 4.90 Å². The summed E-state index contributed by atoms with van der Waals surface area (Å²) in [6.45, 7) is 1.13. The average molecular weight is 411 g/mol. The number of benzene rings is 1. The van der Waals surface area contributed by atoms with Gasteiger partial charge in [-0.2, -0.15) is 4.31 Å². The van der Waals surface area contributed by atoms with Gasteiger partial charge >= 0.3 is 0 Å². The molecule has 0 aliphatic carbocycles. The molecule has 2 fully saturated rings. The van der Waals surface area contributed by atoms with Crippen molar-refractivity contribution in [2.45, 2.75) is 36.6 Å². The van der Waals surface area contributed by atoms with E-state index in [9.17, 15) is 13.2 Å². The van der Waals surface area contributed by atoms with Crippen LogP contribution in [-0.2, 0) is 14.8 Å². The number of sulfonamides is 1. The van der Waals surface area contributed by atoms with Crippen LogP contribution in [0.15, 0.2) is 53.6 Å². The Morgan fingerprint density at radius 2 is 1.79 bits per heavy atom. The minimum absolute atomic E-state index is 0.0823. The maximum Gasteiger partial charge on any atom is 0.243 e. The standard InChI is InChI=1S/C20H21N5O3S/c26-19-7-4-13-23(19)15-8-10-16(11-9-15)29(27,28)25-14-3-5-17(25)20-22-21-18-6-1-2-12-24(18)20/h1-2,6,8-12,17H,3-5,7,13-14H2/t17-/m0/s1. The van der Waals surface area contributed by atoms with E-state index >= 15 is 0 Å². The van der Waals surface area contributed by atoms with Crippen molar-refractivity contribution in [2.24, 2.45) is 0 Å². The summed E-state index contributed by atoms with van der Waals surface area (Å²) in [6.07, 6.45) is 4.71. The summed E-state index contributed by atoms with van der Waals surface area (Å²) in [4.78, 5) is 13.9. The number of pyridine rings is 1. The average Bonchev–Trinajstić information content (AvgIpc) is 3.47. The number of rotatable bonds is 4. The van der Waals surface area contributed by atoms with Gasteiger partial charge in [-0.25, -0.2) is 8.42 Å². The highest BCUT2D eigenvalue weighted by Gasteiger charge is 2.38. The van der Waals surface area contributed by atoms with Gasteiger partial charge in [0.15, 0.2) is 11.5 Å². The molecule has 2 aliphatic rings. The fraction of sp³-hybridized carbons (Fsp3) is 0.350. The molecule has 29 heavy (non-hydrogen) atoms. The molecule has 0 N–H and O–H groups in total. The van der Waals surface area contributed by atoms with Crippen molar-refractivity contribution in [1.29, 1.82) is 0 Å². The number of fused-ring (bicyclic) bond motifs is 1. The number of nitrogens with zero attached hydrogens (tertiary/aromatic N) is 5. The van der Waals surface area contributed by atoms with Gasteiger partial charge in [-0.1, -0.05) is 6.07 Å². The van der Waals surface area contributed by atoms with Gasteiger partial charge in [-0.3, -0.25) is 9.20 Å². The van der Waals surface area contributed by atoms with Crippen LogP contribution in [0.5, 0.6) is 0 Å². The number of hydrogen-bond donors (Lipinski definition) is 0. The number of carbonyl (C=O) groups is 1. The van der Waals surface area contributed by atoms with E-state index in [4.69, 9.17) is 0 Å². The van der Waals surface area contributed by atoms with Gasteiger partial charge in [0.25, 0.3) is 0 Å². The highest BCUT2D eigenvalue weighted by Crippen LogP contribution is 2.36. The molecule has 2 aromatic heterocycles. The summed E-state index contributed by atoms with van der Waals surface area (Å²) >= 11 is 0. The first-order valence-electron chi connectivity index (χ1n) is 9.78. The smallest absolute Gasteiger partial charge is 0.243 e. The van der Waals surface area contributed by atoms with Crippen molar-refractivity contribution in [3.05, 3.63) is 54.5 Å². The highest BCUT2D eigenvalue weighted by atomic mass is 32.2. The molecule has 0 radical (unpaired) electrons. The van der Waals surface area contributed by atoms with Gasteiger partial charge in [0.05, 0.1) is 10.9 Å². The Morgan fingerprint density at radius 1 is 0.966 bits per heavy atom. The van der Waals surface area contributed by atoms with E-state index in [1.807, 2.05) is 28.8 Å². The Balaban J connectivity index is 1.46.